The van der Waals surface area contributed by atoms with Crippen molar-refractivity contribution in [2.75, 3.05) is 19.7 Å². The predicted molar refractivity (Wildman–Crippen MR) is 66.2 cm³/mol. The molecule has 3 N–H and O–H groups in total. The molecule has 0 fully saturated rings. The summed E-state index contributed by atoms with van der Waals surface area (Å²) < 4.78 is 5.37. The van der Waals surface area contributed by atoms with Crippen molar-refractivity contribution in [1.29, 1.82) is 0 Å². The Balaban J connectivity index is 2.67. The first-order chi connectivity index (χ1) is 7.81. The molecular formula is C13H18N2O. The van der Waals surface area contributed by atoms with E-state index >= 15 is 0 Å². The number of nitrogens with two attached hydrogens (primary N) is 1. The lowest BCUT2D eigenvalue weighted by Crippen LogP contribution is -2.28. The average Bonchev–Trinajstić information content (AvgIpc) is 2.32. The van der Waals surface area contributed by atoms with Gasteiger partial charge in [-0.05, 0) is 24.6 Å². The van der Waals surface area contributed by atoms with Crippen LogP contribution in [-0.4, -0.2) is 19.7 Å². The lowest BCUT2D eigenvalue weighted by atomic mass is 10.1. The van der Waals surface area contributed by atoms with Crippen molar-refractivity contribution in [3.63, 3.8) is 0 Å². The Morgan fingerprint density at radius 3 is 2.62 bits per heavy atom. The van der Waals surface area contributed by atoms with Gasteiger partial charge >= 0.3 is 0 Å². The molecule has 0 amide bonds. The summed E-state index contributed by atoms with van der Waals surface area (Å²) in [4.78, 5) is 0. The molecule has 0 aliphatic carbocycles. The van der Waals surface area contributed by atoms with E-state index in [9.17, 15) is 0 Å². The van der Waals surface area contributed by atoms with Gasteiger partial charge in [-0.25, -0.2) is 0 Å². The maximum absolute atomic E-state index is 5.68. The fourth-order valence-corrected chi connectivity index (χ4v) is 1.48. The maximum atomic E-state index is 5.68. The largest absolute Gasteiger partial charge is 0.494 e. The quantitative estimate of drug-likeness (QED) is 0.708. The summed E-state index contributed by atoms with van der Waals surface area (Å²) in [6.07, 6.45) is 5.20. The molecule has 0 saturated carbocycles. The number of hydrogen-bond acceptors (Lipinski definition) is 3. The molecule has 3 heteroatoms. The molecule has 0 heterocycles. The number of hydrogen-bond donors (Lipinski definition) is 2. The molecule has 0 spiro atoms. The number of ether oxygens (including phenoxy) is 1. The smallest absolute Gasteiger partial charge is 0.119 e. The van der Waals surface area contributed by atoms with Crippen LogP contribution in [0.2, 0.25) is 0 Å². The minimum atomic E-state index is 0.103. The second-order valence-electron chi connectivity index (χ2n) is 3.38. The molecule has 0 bridgehead atoms. The van der Waals surface area contributed by atoms with Crippen molar-refractivity contribution in [3.05, 3.63) is 29.8 Å². The van der Waals surface area contributed by atoms with Gasteiger partial charge < -0.3 is 10.5 Å². The molecule has 1 aromatic carbocycles. The molecule has 0 aliphatic rings. The van der Waals surface area contributed by atoms with Crippen molar-refractivity contribution in [2.24, 2.45) is 5.73 Å². The lowest BCUT2D eigenvalue weighted by Gasteiger charge is -2.16. The van der Waals surface area contributed by atoms with Gasteiger partial charge in [-0.15, -0.1) is 6.42 Å². The molecule has 1 unspecified atom stereocenters. The van der Waals surface area contributed by atoms with Gasteiger partial charge in [0.2, 0.25) is 0 Å². The first-order valence-electron chi connectivity index (χ1n) is 5.41. The van der Waals surface area contributed by atoms with Crippen LogP contribution in [0.25, 0.3) is 0 Å². The van der Waals surface area contributed by atoms with Crippen molar-refractivity contribution in [1.82, 2.24) is 5.32 Å². The lowest BCUT2D eigenvalue weighted by molar-refractivity contribution is 0.340. The van der Waals surface area contributed by atoms with Gasteiger partial charge in [0.05, 0.1) is 13.2 Å². The van der Waals surface area contributed by atoms with E-state index in [1.54, 1.807) is 0 Å². The third-order valence-electron chi connectivity index (χ3n) is 2.28. The van der Waals surface area contributed by atoms with E-state index in [1.165, 1.54) is 0 Å². The summed E-state index contributed by atoms with van der Waals surface area (Å²) in [6.45, 7) is 3.69. The Labute approximate surface area is 97.0 Å². The van der Waals surface area contributed by atoms with Crippen LogP contribution < -0.4 is 15.8 Å². The number of benzene rings is 1. The molecule has 0 aromatic heterocycles. The minimum Gasteiger partial charge on any atom is -0.494 e. The van der Waals surface area contributed by atoms with E-state index in [-0.39, 0.29) is 6.04 Å². The van der Waals surface area contributed by atoms with E-state index < -0.39 is 0 Å². The van der Waals surface area contributed by atoms with Gasteiger partial charge in [0, 0.05) is 12.6 Å². The summed E-state index contributed by atoms with van der Waals surface area (Å²) in [5.74, 6) is 3.42. The topological polar surface area (TPSA) is 47.3 Å². The molecule has 3 nitrogen and oxygen atoms in total. The monoisotopic (exact) mass is 218 g/mol. The number of nitrogens with one attached hydrogen (secondary N) is 1. The van der Waals surface area contributed by atoms with E-state index in [1.807, 2.05) is 31.2 Å². The van der Waals surface area contributed by atoms with Crippen LogP contribution in [0, 0.1) is 12.3 Å². The zero-order chi connectivity index (χ0) is 11.8. The Morgan fingerprint density at radius 1 is 1.44 bits per heavy atom. The van der Waals surface area contributed by atoms with Crippen molar-refractivity contribution >= 4 is 0 Å². The normalized spacial score (nSPS) is 11.8. The molecule has 1 rings (SSSR count). The predicted octanol–water partition coefficient (Wildman–Crippen LogP) is 1.31. The van der Waals surface area contributed by atoms with Crippen LogP contribution in [0.1, 0.15) is 18.5 Å². The second kappa shape index (κ2) is 6.89. The highest BCUT2D eigenvalue weighted by Gasteiger charge is 2.07. The van der Waals surface area contributed by atoms with Gasteiger partial charge in [0.15, 0.2) is 0 Å². The highest BCUT2D eigenvalue weighted by molar-refractivity contribution is 5.29. The van der Waals surface area contributed by atoms with E-state index in [0.29, 0.717) is 19.7 Å². The molecular weight excluding hydrogens is 200 g/mol. The van der Waals surface area contributed by atoms with Gasteiger partial charge in [-0.1, -0.05) is 18.1 Å². The second-order valence-corrected chi connectivity index (χ2v) is 3.38. The number of rotatable bonds is 6. The van der Waals surface area contributed by atoms with Crippen LogP contribution in [-0.2, 0) is 0 Å². The fourth-order valence-electron chi connectivity index (χ4n) is 1.48. The van der Waals surface area contributed by atoms with Gasteiger partial charge in [0.1, 0.15) is 5.75 Å². The zero-order valence-electron chi connectivity index (χ0n) is 9.57. The molecule has 1 aromatic rings. The minimum absolute atomic E-state index is 0.103. The Hall–Kier alpha value is -1.50. The molecule has 1 atom stereocenters. The summed E-state index contributed by atoms with van der Waals surface area (Å²) in [5, 5.41) is 3.18. The summed E-state index contributed by atoms with van der Waals surface area (Å²) in [5.41, 5.74) is 6.81. The highest BCUT2D eigenvalue weighted by Crippen LogP contribution is 2.17. The third kappa shape index (κ3) is 3.58. The third-order valence-corrected chi connectivity index (χ3v) is 2.28. The van der Waals surface area contributed by atoms with Crippen molar-refractivity contribution < 1.29 is 4.74 Å². The molecule has 16 heavy (non-hydrogen) atoms. The van der Waals surface area contributed by atoms with Crippen LogP contribution in [0.15, 0.2) is 24.3 Å². The molecule has 0 saturated heterocycles. The van der Waals surface area contributed by atoms with Gasteiger partial charge in [-0.3, -0.25) is 5.32 Å². The summed E-state index contributed by atoms with van der Waals surface area (Å²) in [6, 6.07) is 8.00. The zero-order valence-corrected chi connectivity index (χ0v) is 9.57. The molecule has 0 radical (unpaired) electrons. The van der Waals surface area contributed by atoms with E-state index in [4.69, 9.17) is 16.9 Å². The van der Waals surface area contributed by atoms with Crippen LogP contribution >= 0.6 is 0 Å². The maximum Gasteiger partial charge on any atom is 0.119 e. The van der Waals surface area contributed by atoms with Gasteiger partial charge in [-0.2, -0.15) is 0 Å². The Bertz CT molecular complexity index is 340. The van der Waals surface area contributed by atoms with Crippen LogP contribution in [0.4, 0.5) is 0 Å². The van der Waals surface area contributed by atoms with Crippen molar-refractivity contribution in [3.8, 4) is 18.1 Å². The molecule has 86 valence electrons. The molecule has 0 aliphatic heterocycles. The average molecular weight is 218 g/mol. The van der Waals surface area contributed by atoms with E-state index in [0.717, 1.165) is 11.3 Å². The number of terminal acetylenes is 1. The van der Waals surface area contributed by atoms with E-state index in [2.05, 4.69) is 11.2 Å². The first-order valence-corrected chi connectivity index (χ1v) is 5.41. The van der Waals surface area contributed by atoms with Crippen LogP contribution in [0.3, 0.4) is 0 Å². The summed E-state index contributed by atoms with van der Waals surface area (Å²) in [7, 11) is 0. The standard InChI is InChI=1S/C13H18N2O/c1-3-9-15-13(10-14)11-5-7-12(8-6-11)16-4-2/h1,5-8,13,15H,4,9-10,14H2,2H3. The Kier molecular flexibility index (Phi) is 5.41. The van der Waals surface area contributed by atoms with Crippen molar-refractivity contribution in [2.45, 2.75) is 13.0 Å². The highest BCUT2D eigenvalue weighted by atomic mass is 16.5. The first kappa shape index (κ1) is 12.6. The van der Waals surface area contributed by atoms with Crippen LogP contribution in [0.5, 0.6) is 5.75 Å². The van der Waals surface area contributed by atoms with Gasteiger partial charge in [0.25, 0.3) is 0 Å². The summed E-state index contributed by atoms with van der Waals surface area (Å²) >= 11 is 0. The fraction of sp³-hybridized carbons (Fsp3) is 0.385. The SMILES string of the molecule is C#CCNC(CN)c1ccc(OCC)cc1. The Morgan fingerprint density at radius 2 is 2.12 bits per heavy atom.